The second kappa shape index (κ2) is 8.86. The zero-order valence-corrected chi connectivity index (χ0v) is 16.3. The van der Waals surface area contributed by atoms with Gasteiger partial charge < -0.3 is 4.74 Å². The molecule has 6 heteroatoms. The van der Waals surface area contributed by atoms with E-state index in [2.05, 4.69) is 22.8 Å². The summed E-state index contributed by atoms with van der Waals surface area (Å²) < 4.78 is 21.7. The molecule has 0 spiro atoms. The average molecular weight is 383 g/mol. The highest BCUT2D eigenvalue weighted by Gasteiger charge is 2.14. The van der Waals surface area contributed by atoms with Crippen LogP contribution in [-0.4, -0.2) is 14.8 Å². The number of rotatable bonds is 8. The Bertz CT molecular complexity index is 939. The molecule has 0 fully saturated rings. The minimum Gasteiger partial charge on any atom is -0.485 e. The first-order valence-electron chi connectivity index (χ1n) is 8.67. The van der Waals surface area contributed by atoms with Crippen molar-refractivity contribution in [1.29, 1.82) is 0 Å². The molecule has 0 radical (unpaired) electrons. The van der Waals surface area contributed by atoms with Crippen molar-refractivity contribution in [2.45, 2.75) is 37.9 Å². The van der Waals surface area contributed by atoms with Crippen molar-refractivity contribution in [3.8, 4) is 5.75 Å². The van der Waals surface area contributed by atoms with Crippen molar-refractivity contribution >= 4 is 11.8 Å². The van der Waals surface area contributed by atoms with Gasteiger partial charge in [-0.2, -0.15) is 0 Å². The highest BCUT2D eigenvalue weighted by molar-refractivity contribution is 7.98. The standard InChI is InChI=1S/C21H22FN3OS/c1-4-11-25-20(13-26-19-12-15(2)9-10-16(19)3)23-24-21(25)27-14-17-7-5-6-8-18(17)22/h4-10,12H,1,11,13-14H2,2-3H3. The molecule has 0 bridgehead atoms. The lowest BCUT2D eigenvalue weighted by atomic mass is 10.1. The van der Waals surface area contributed by atoms with Crippen molar-refractivity contribution in [2.75, 3.05) is 0 Å². The summed E-state index contributed by atoms with van der Waals surface area (Å²) in [6, 6.07) is 12.9. The fourth-order valence-corrected chi connectivity index (χ4v) is 3.56. The smallest absolute Gasteiger partial charge is 0.191 e. The van der Waals surface area contributed by atoms with Crippen LogP contribution in [0.15, 0.2) is 60.3 Å². The molecule has 4 nitrogen and oxygen atoms in total. The van der Waals surface area contributed by atoms with E-state index in [4.69, 9.17) is 4.74 Å². The molecule has 0 atom stereocenters. The lowest BCUT2D eigenvalue weighted by Crippen LogP contribution is -2.08. The number of hydrogen-bond donors (Lipinski definition) is 0. The molecule has 3 rings (SSSR count). The summed E-state index contributed by atoms with van der Waals surface area (Å²) in [5.74, 6) is 1.83. The molecule has 2 aromatic carbocycles. The maximum absolute atomic E-state index is 13.8. The van der Waals surface area contributed by atoms with Gasteiger partial charge in [-0.1, -0.05) is 48.2 Å². The fourth-order valence-electron chi connectivity index (χ4n) is 2.61. The minimum absolute atomic E-state index is 0.210. The number of aromatic nitrogens is 3. The van der Waals surface area contributed by atoms with Gasteiger partial charge in [0.15, 0.2) is 11.0 Å². The summed E-state index contributed by atoms with van der Waals surface area (Å²) in [6.07, 6.45) is 1.79. The Morgan fingerprint density at radius 3 is 2.78 bits per heavy atom. The quantitative estimate of drug-likeness (QED) is 0.401. The predicted octanol–water partition coefficient (Wildman–Crippen LogP) is 5.09. The third kappa shape index (κ3) is 4.77. The van der Waals surface area contributed by atoms with Gasteiger partial charge in [0.1, 0.15) is 18.2 Å². The van der Waals surface area contributed by atoms with E-state index in [9.17, 15) is 4.39 Å². The van der Waals surface area contributed by atoms with E-state index >= 15 is 0 Å². The Labute approximate surface area is 163 Å². The summed E-state index contributed by atoms with van der Waals surface area (Å²) in [5, 5.41) is 9.24. The molecule has 0 unspecified atom stereocenters. The van der Waals surface area contributed by atoms with Crippen LogP contribution in [0.5, 0.6) is 5.75 Å². The van der Waals surface area contributed by atoms with E-state index in [1.165, 1.54) is 17.8 Å². The number of hydrogen-bond acceptors (Lipinski definition) is 4. The van der Waals surface area contributed by atoms with Crippen molar-refractivity contribution < 1.29 is 9.13 Å². The van der Waals surface area contributed by atoms with Crippen LogP contribution in [0.2, 0.25) is 0 Å². The third-order valence-corrected chi connectivity index (χ3v) is 5.14. The largest absolute Gasteiger partial charge is 0.485 e. The first-order valence-corrected chi connectivity index (χ1v) is 9.66. The van der Waals surface area contributed by atoms with Gasteiger partial charge >= 0.3 is 0 Å². The van der Waals surface area contributed by atoms with Crippen LogP contribution in [-0.2, 0) is 18.9 Å². The molecule has 0 N–H and O–H groups in total. The molecule has 3 aromatic rings. The monoisotopic (exact) mass is 383 g/mol. The molecular weight excluding hydrogens is 361 g/mol. The number of halogens is 1. The van der Waals surface area contributed by atoms with Gasteiger partial charge in [0.25, 0.3) is 0 Å². The van der Waals surface area contributed by atoms with E-state index in [1.54, 1.807) is 18.2 Å². The molecule has 140 valence electrons. The Balaban J connectivity index is 1.73. The molecule has 1 heterocycles. The second-order valence-electron chi connectivity index (χ2n) is 6.24. The molecule has 1 aromatic heterocycles. The van der Waals surface area contributed by atoms with Gasteiger partial charge in [-0.05, 0) is 42.7 Å². The van der Waals surface area contributed by atoms with Crippen molar-refractivity contribution in [2.24, 2.45) is 0 Å². The molecule has 0 amide bonds. The van der Waals surface area contributed by atoms with Crippen LogP contribution < -0.4 is 4.74 Å². The fraction of sp³-hybridized carbons (Fsp3) is 0.238. The lowest BCUT2D eigenvalue weighted by molar-refractivity contribution is 0.287. The molecule has 0 aliphatic rings. The number of thioether (sulfide) groups is 1. The van der Waals surface area contributed by atoms with Crippen LogP contribution in [0.25, 0.3) is 0 Å². The van der Waals surface area contributed by atoms with Crippen LogP contribution in [0, 0.1) is 19.7 Å². The molecular formula is C21H22FN3OS. The van der Waals surface area contributed by atoms with Gasteiger partial charge in [0, 0.05) is 12.3 Å². The highest BCUT2D eigenvalue weighted by atomic mass is 32.2. The third-order valence-electron chi connectivity index (χ3n) is 4.12. The van der Waals surface area contributed by atoms with Crippen LogP contribution in [0.4, 0.5) is 4.39 Å². The molecule has 0 aliphatic carbocycles. The summed E-state index contributed by atoms with van der Waals surface area (Å²) >= 11 is 1.45. The number of ether oxygens (including phenoxy) is 1. The Hall–Kier alpha value is -2.60. The second-order valence-corrected chi connectivity index (χ2v) is 7.18. The zero-order chi connectivity index (χ0) is 19.2. The summed E-state index contributed by atoms with van der Waals surface area (Å²) in [4.78, 5) is 0. The van der Waals surface area contributed by atoms with Crippen molar-refractivity contribution in [3.63, 3.8) is 0 Å². The first kappa shape index (κ1) is 19.2. The summed E-state index contributed by atoms with van der Waals surface area (Å²) in [7, 11) is 0. The minimum atomic E-state index is -0.210. The predicted molar refractivity (Wildman–Crippen MR) is 106 cm³/mol. The van der Waals surface area contributed by atoms with Crippen LogP contribution >= 0.6 is 11.8 Å². The van der Waals surface area contributed by atoms with E-state index in [0.717, 1.165) is 22.0 Å². The zero-order valence-electron chi connectivity index (χ0n) is 15.5. The van der Waals surface area contributed by atoms with Gasteiger partial charge in [0.05, 0.1) is 0 Å². The van der Waals surface area contributed by atoms with Crippen molar-refractivity contribution in [3.05, 3.63) is 83.5 Å². The first-order chi connectivity index (χ1) is 13.1. The van der Waals surface area contributed by atoms with Gasteiger partial charge in [0.2, 0.25) is 0 Å². The Kier molecular flexibility index (Phi) is 6.29. The number of nitrogens with zero attached hydrogens (tertiary/aromatic N) is 3. The Morgan fingerprint density at radius 1 is 1.19 bits per heavy atom. The lowest BCUT2D eigenvalue weighted by Gasteiger charge is -2.11. The number of allylic oxidation sites excluding steroid dienone is 1. The van der Waals surface area contributed by atoms with Gasteiger partial charge in [-0.15, -0.1) is 16.8 Å². The Morgan fingerprint density at radius 2 is 2.00 bits per heavy atom. The highest BCUT2D eigenvalue weighted by Crippen LogP contribution is 2.25. The molecule has 0 aliphatic heterocycles. The van der Waals surface area contributed by atoms with E-state index in [-0.39, 0.29) is 5.82 Å². The van der Waals surface area contributed by atoms with Gasteiger partial charge in [-0.25, -0.2) is 4.39 Å². The van der Waals surface area contributed by atoms with Crippen LogP contribution in [0.1, 0.15) is 22.5 Å². The summed E-state index contributed by atoms with van der Waals surface area (Å²) in [6.45, 7) is 8.73. The van der Waals surface area contributed by atoms with Crippen LogP contribution in [0.3, 0.4) is 0 Å². The van der Waals surface area contributed by atoms with Crippen molar-refractivity contribution in [1.82, 2.24) is 14.8 Å². The summed E-state index contributed by atoms with van der Waals surface area (Å²) in [5.41, 5.74) is 2.86. The van der Waals surface area contributed by atoms with E-state index < -0.39 is 0 Å². The number of aryl methyl sites for hydroxylation is 2. The topological polar surface area (TPSA) is 39.9 Å². The normalized spacial score (nSPS) is 10.8. The number of benzene rings is 2. The maximum Gasteiger partial charge on any atom is 0.191 e. The molecule has 0 saturated heterocycles. The van der Waals surface area contributed by atoms with Gasteiger partial charge in [-0.3, -0.25) is 4.57 Å². The molecule has 0 saturated carbocycles. The average Bonchev–Trinajstić information content (AvgIpc) is 3.04. The SMILES string of the molecule is C=CCn1c(COc2cc(C)ccc2C)nnc1SCc1ccccc1F. The molecule has 27 heavy (non-hydrogen) atoms. The van der Waals surface area contributed by atoms with E-state index in [0.29, 0.717) is 30.3 Å². The maximum atomic E-state index is 13.8. The van der Waals surface area contributed by atoms with E-state index in [1.807, 2.05) is 36.6 Å².